The molecule has 0 bridgehead atoms. The monoisotopic (exact) mass is 232 g/mol. The van der Waals surface area contributed by atoms with E-state index in [2.05, 4.69) is 56.1 Å². The van der Waals surface area contributed by atoms with E-state index in [9.17, 15) is 0 Å². The molecule has 2 unspecified atom stereocenters. The Morgan fingerprint density at radius 3 is 2.76 bits per heavy atom. The highest BCUT2D eigenvalue weighted by Crippen LogP contribution is 2.25. The van der Waals surface area contributed by atoms with Crippen LogP contribution < -0.4 is 10.2 Å². The molecule has 1 aromatic rings. The van der Waals surface area contributed by atoms with Gasteiger partial charge in [0.1, 0.15) is 0 Å². The molecule has 1 heterocycles. The van der Waals surface area contributed by atoms with Gasteiger partial charge in [0, 0.05) is 24.3 Å². The molecule has 2 heteroatoms. The Morgan fingerprint density at radius 1 is 1.24 bits per heavy atom. The third kappa shape index (κ3) is 2.81. The maximum Gasteiger partial charge on any atom is 0.0401 e. The van der Waals surface area contributed by atoms with Crippen LogP contribution in [0.5, 0.6) is 0 Å². The second-order valence-electron chi connectivity index (χ2n) is 5.44. The van der Waals surface area contributed by atoms with Crippen LogP contribution in [0.25, 0.3) is 0 Å². The van der Waals surface area contributed by atoms with E-state index in [1.165, 1.54) is 23.2 Å². The molecule has 1 N–H and O–H groups in total. The first kappa shape index (κ1) is 12.4. The van der Waals surface area contributed by atoms with Crippen molar-refractivity contribution in [3.8, 4) is 0 Å². The number of aryl methyl sites for hydroxylation is 2. The van der Waals surface area contributed by atoms with Crippen molar-refractivity contribution in [3.63, 3.8) is 0 Å². The highest BCUT2D eigenvalue weighted by molar-refractivity contribution is 5.55. The number of hydrogen-bond donors (Lipinski definition) is 1. The van der Waals surface area contributed by atoms with Crippen molar-refractivity contribution in [2.24, 2.45) is 0 Å². The number of nitrogens with one attached hydrogen (secondary N) is 1. The second-order valence-corrected chi connectivity index (χ2v) is 5.44. The van der Waals surface area contributed by atoms with Crippen LogP contribution in [-0.2, 0) is 0 Å². The lowest BCUT2D eigenvalue weighted by atomic mass is 10.1. The summed E-state index contributed by atoms with van der Waals surface area (Å²) in [5.74, 6) is 0. The Morgan fingerprint density at radius 2 is 2.00 bits per heavy atom. The van der Waals surface area contributed by atoms with Gasteiger partial charge < -0.3 is 10.2 Å². The van der Waals surface area contributed by atoms with E-state index in [1.54, 1.807) is 0 Å². The first-order valence-corrected chi connectivity index (χ1v) is 6.65. The highest BCUT2D eigenvalue weighted by atomic mass is 15.2. The summed E-state index contributed by atoms with van der Waals surface area (Å²) in [5, 5.41) is 3.57. The van der Waals surface area contributed by atoms with E-state index in [4.69, 9.17) is 0 Å². The first-order chi connectivity index (χ1) is 8.08. The molecular weight excluding hydrogens is 208 g/mol. The lowest BCUT2D eigenvalue weighted by molar-refractivity contribution is 0.584. The van der Waals surface area contributed by atoms with Crippen molar-refractivity contribution in [3.05, 3.63) is 29.3 Å². The van der Waals surface area contributed by atoms with Crippen molar-refractivity contribution in [2.75, 3.05) is 18.0 Å². The van der Waals surface area contributed by atoms with Crippen molar-refractivity contribution < 1.29 is 0 Å². The fraction of sp³-hybridized carbons (Fsp3) is 0.600. The maximum absolute atomic E-state index is 3.57. The molecule has 1 aliphatic rings. The molecule has 94 valence electrons. The molecule has 0 radical (unpaired) electrons. The summed E-state index contributed by atoms with van der Waals surface area (Å²) in [6, 6.07) is 7.94. The fourth-order valence-electron chi connectivity index (χ4n) is 2.60. The highest BCUT2D eigenvalue weighted by Gasteiger charge is 2.21. The lowest BCUT2D eigenvalue weighted by Crippen LogP contribution is -2.39. The van der Waals surface area contributed by atoms with Crippen LogP contribution in [0.1, 0.15) is 31.4 Å². The van der Waals surface area contributed by atoms with Gasteiger partial charge >= 0.3 is 0 Å². The van der Waals surface area contributed by atoms with Crippen molar-refractivity contribution in [1.82, 2.24) is 5.32 Å². The number of benzene rings is 1. The molecule has 1 aliphatic heterocycles. The Hall–Kier alpha value is -1.02. The number of rotatable bonds is 1. The Kier molecular flexibility index (Phi) is 3.72. The molecular formula is C15H24N2. The van der Waals surface area contributed by atoms with Gasteiger partial charge in [0.25, 0.3) is 0 Å². The first-order valence-electron chi connectivity index (χ1n) is 6.65. The van der Waals surface area contributed by atoms with Gasteiger partial charge in [-0.1, -0.05) is 12.1 Å². The van der Waals surface area contributed by atoms with Gasteiger partial charge in [-0.3, -0.25) is 0 Å². The van der Waals surface area contributed by atoms with Gasteiger partial charge in [-0.05, 0) is 57.9 Å². The molecule has 2 nitrogen and oxygen atoms in total. The summed E-state index contributed by atoms with van der Waals surface area (Å²) in [4.78, 5) is 2.56. The Balaban J connectivity index is 2.32. The zero-order chi connectivity index (χ0) is 12.4. The third-order valence-electron chi connectivity index (χ3n) is 3.73. The Labute approximate surface area is 105 Å². The van der Waals surface area contributed by atoms with Crippen molar-refractivity contribution in [2.45, 2.75) is 46.2 Å². The minimum absolute atomic E-state index is 0.569. The quantitative estimate of drug-likeness (QED) is 0.801. The van der Waals surface area contributed by atoms with Crippen molar-refractivity contribution in [1.29, 1.82) is 0 Å². The average molecular weight is 232 g/mol. The van der Waals surface area contributed by atoms with Crippen LogP contribution in [0.3, 0.4) is 0 Å². The zero-order valence-corrected chi connectivity index (χ0v) is 11.5. The van der Waals surface area contributed by atoms with Gasteiger partial charge in [-0.15, -0.1) is 0 Å². The maximum atomic E-state index is 3.57. The molecule has 17 heavy (non-hydrogen) atoms. The van der Waals surface area contributed by atoms with Crippen LogP contribution >= 0.6 is 0 Å². The van der Waals surface area contributed by atoms with Gasteiger partial charge in [-0.2, -0.15) is 0 Å². The van der Waals surface area contributed by atoms with E-state index in [-0.39, 0.29) is 0 Å². The van der Waals surface area contributed by atoms with Gasteiger partial charge in [0.15, 0.2) is 0 Å². The van der Waals surface area contributed by atoms with Gasteiger partial charge in [0.05, 0.1) is 0 Å². The lowest BCUT2D eigenvalue weighted by Gasteiger charge is -2.32. The normalized spacial score (nSPS) is 25.8. The van der Waals surface area contributed by atoms with E-state index in [1.807, 2.05) is 0 Å². The number of hydrogen-bond acceptors (Lipinski definition) is 2. The average Bonchev–Trinajstić information content (AvgIpc) is 2.44. The number of anilines is 1. The predicted molar refractivity (Wildman–Crippen MR) is 74.8 cm³/mol. The fourth-order valence-corrected chi connectivity index (χ4v) is 2.60. The summed E-state index contributed by atoms with van der Waals surface area (Å²) < 4.78 is 0. The van der Waals surface area contributed by atoms with E-state index in [0.717, 1.165) is 13.1 Å². The third-order valence-corrected chi connectivity index (χ3v) is 3.73. The van der Waals surface area contributed by atoms with E-state index >= 15 is 0 Å². The van der Waals surface area contributed by atoms with Crippen LogP contribution in [0.15, 0.2) is 18.2 Å². The van der Waals surface area contributed by atoms with E-state index in [0.29, 0.717) is 12.1 Å². The number of nitrogens with zero attached hydrogens (tertiary/aromatic N) is 1. The van der Waals surface area contributed by atoms with Crippen LogP contribution in [0, 0.1) is 13.8 Å². The molecule has 1 aromatic carbocycles. The molecule has 2 atom stereocenters. The summed E-state index contributed by atoms with van der Waals surface area (Å²) >= 11 is 0. The standard InChI is InChI=1S/C15H24N2/c1-11-5-6-12(2)15(9-11)17-10-13(3)16-8-7-14(17)4/h5-6,9,13-14,16H,7-8,10H2,1-4H3. The van der Waals surface area contributed by atoms with E-state index < -0.39 is 0 Å². The van der Waals surface area contributed by atoms with Crippen LogP contribution in [-0.4, -0.2) is 25.2 Å². The molecule has 1 saturated heterocycles. The molecule has 0 spiro atoms. The zero-order valence-electron chi connectivity index (χ0n) is 11.5. The van der Waals surface area contributed by atoms with Crippen LogP contribution in [0.2, 0.25) is 0 Å². The summed E-state index contributed by atoms with van der Waals surface area (Å²) in [6.07, 6.45) is 1.22. The summed E-state index contributed by atoms with van der Waals surface area (Å²) in [5.41, 5.74) is 4.15. The Bertz CT molecular complexity index is 387. The SMILES string of the molecule is Cc1ccc(C)c(N2CC(C)NCCC2C)c1. The van der Waals surface area contributed by atoms with Crippen LogP contribution in [0.4, 0.5) is 5.69 Å². The summed E-state index contributed by atoms with van der Waals surface area (Å²) in [6.45, 7) is 11.2. The second kappa shape index (κ2) is 5.09. The molecule has 0 aliphatic carbocycles. The van der Waals surface area contributed by atoms with Gasteiger partial charge in [-0.25, -0.2) is 0 Å². The largest absolute Gasteiger partial charge is 0.367 e. The van der Waals surface area contributed by atoms with Crippen molar-refractivity contribution >= 4 is 5.69 Å². The smallest absolute Gasteiger partial charge is 0.0401 e. The van der Waals surface area contributed by atoms with Gasteiger partial charge in [0.2, 0.25) is 0 Å². The molecule has 1 fully saturated rings. The minimum Gasteiger partial charge on any atom is -0.367 e. The topological polar surface area (TPSA) is 15.3 Å². The molecule has 0 saturated carbocycles. The minimum atomic E-state index is 0.569. The summed E-state index contributed by atoms with van der Waals surface area (Å²) in [7, 11) is 0. The molecule has 2 rings (SSSR count). The molecule has 0 aromatic heterocycles. The predicted octanol–water partition coefficient (Wildman–Crippen LogP) is 2.88. The molecule has 0 amide bonds.